The van der Waals surface area contributed by atoms with Crippen LogP contribution < -0.4 is 19.8 Å². The fourth-order valence-electron chi connectivity index (χ4n) is 2.77. The summed E-state index contributed by atoms with van der Waals surface area (Å²) in [4.78, 5) is 14.6. The van der Waals surface area contributed by atoms with Gasteiger partial charge in [-0.05, 0) is 57.2 Å². The third-order valence-corrected chi connectivity index (χ3v) is 4.38. The van der Waals surface area contributed by atoms with Crippen LogP contribution in [0.3, 0.4) is 0 Å². The van der Waals surface area contributed by atoms with Crippen molar-refractivity contribution in [2.24, 2.45) is 5.10 Å². The number of methoxy groups -OCH3 is 2. The molecule has 0 saturated heterocycles. The second-order valence-corrected chi connectivity index (χ2v) is 5.92. The highest BCUT2D eigenvalue weighted by atomic mass is 16.5. The van der Waals surface area contributed by atoms with Crippen molar-refractivity contribution in [3.8, 4) is 11.5 Å². The third-order valence-electron chi connectivity index (χ3n) is 4.38. The van der Waals surface area contributed by atoms with Crippen molar-refractivity contribution in [2.75, 3.05) is 32.2 Å². The Hall–Kier alpha value is -3.02. The van der Waals surface area contributed by atoms with Crippen molar-refractivity contribution in [1.29, 1.82) is 0 Å². The van der Waals surface area contributed by atoms with E-state index in [1.165, 1.54) is 0 Å². The second kappa shape index (κ2) is 9.62. The highest BCUT2D eigenvalue weighted by Gasteiger charge is 2.10. The van der Waals surface area contributed by atoms with Crippen molar-refractivity contribution in [3.63, 3.8) is 0 Å². The van der Waals surface area contributed by atoms with Gasteiger partial charge in [-0.15, -0.1) is 0 Å². The van der Waals surface area contributed by atoms with Crippen molar-refractivity contribution >= 4 is 17.3 Å². The number of nitrogens with one attached hydrogen (secondary N) is 1. The monoisotopic (exact) mass is 369 g/mol. The zero-order valence-electron chi connectivity index (χ0n) is 16.6. The van der Waals surface area contributed by atoms with Crippen LogP contribution in [0, 0.1) is 0 Å². The van der Waals surface area contributed by atoms with E-state index < -0.39 is 0 Å². The number of carbonyl (C=O) groups excluding carboxylic acids is 1. The minimum absolute atomic E-state index is 0.257. The summed E-state index contributed by atoms with van der Waals surface area (Å²) in [6.07, 6.45) is 0. The van der Waals surface area contributed by atoms with E-state index in [2.05, 4.69) is 29.3 Å². The predicted molar refractivity (Wildman–Crippen MR) is 109 cm³/mol. The summed E-state index contributed by atoms with van der Waals surface area (Å²) in [5.41, 5.74) is 5.69. The van der Waals surface area contributed by atoms with Gasteiger partial charge in [-0.25, -0.2) is 5.43 Å². The number of rotatable bonds is 8. The lowest BCUT2D eigenvalue weighted by atomic mass is 10.1. The molecule has 0 aliphatic rings. The molecule has 2 aromatic carbocycles. The van der Waals surface area contributed by atoms with Gasteiger partial charge >= 0.3 is 0 Å². The van der Waals surface area contributed by atoms with Crippen LogP contribution in [-0.2, 0) is 0 Å². The van der Waals surface area contributed by atoms with Gasteiger partial charge < -0.3 is 14.4 Å². The summed E-state index contributed by atoms with van der Waals surface area (Å²) in [6.45, 7) is 7.88. The van der Waals surface area contributed by atoms with Crippen LogP contribution in [0.4, 0.5) is 5.69 Å². The number of anilines is 1. The second-order valence-electron chi connectivity index (χ2n) is 5.92. The molecule has 1 amide bonds. The SMILES string of the molecule is CCN(CC)c1ccc(C(=O)N/N=C(/C)c2ccc(OC)cc2OC)cc1. The van der Waals surface area contributed by atoms with Crippen LogP contribution in [0.2, 0.25) is 0 Å². The highest BCUT2D eigenvalue weighted by molar-refractivity contribution is 6.02. The van der Waals surface area contributed by atoms with E-state index >= 15 is 0 Å². The smallest absolute Gasteiger partial charge is 0.271 e. The summed E-state index contributed by atoms with van der Waals surface area (Å²) in [7, 11) is 3.18. The minimum Gasteiger partial charge on any atom is -0.497 e. The fourth-order valence-corrected chi connectivity index (χ4v) is 2.77. The molecule has 0 unspecified atom stereocenters. The molecular weight excluding hydrogens is 342 g/mol. The van der Waals surface area contributed by atoms with Crippen LogP contribution in [0.25, 0.3) is 0 Å². The normalized spacial score (nSPS) is 11.1. The zero-order chi connectivity index (χ0) is 19.8. The summed E-state index contributed by atoms with van der Waals surface area (Å²) in [6, 6.07) is 13.0. The molecule has 0 fully saturated rings. The molecule has 144 valence electrons. The first-order valence-electron chi connectivity index (χ1n) is 8.96. The largest absolute Gasteiger partial charge is 0.497 e. The first-order chi connectivity index (χ1) is 13.0. The number of hydrazone groups is 1. The van der Waals surface area contributed by atoms with Gasteiger partial charge in [0.1, 0.15) is 11.5 Å². The quantitative estimate of drug-likeness (QED) is 0.569. The van der Waals surface area contributed by atoms with E-state index in [9.17, 15) is 4.79 Å². The molecule has 0 radical (unpaired) electrons. The van der Waals surface area contributed by atoms with Gasteiger partial charge in [0.15, 0.2) is 0 Å². The van der Waals surface area contributed by atoms with Crippen molar-refractivity contribution in [2.45, 2.75) is 20.8 Å². The van der Waals surface area contributed by atoms with Gasteiger partial charge in [0.05, 0.1) is 19.9 Å². The molecular formula is C21H27N3O3. The van der Waals surface area contributed by atoms with Crippen LogP contribution >= 0.6 is 0 Å². The summed E-state index contributed by atoms with van der Waals surface area (Å²) in [5.74, 6) is 1.07. The van der Waals surface area contributed by atoms with Gasteiger partial charge in [0, 0.05) is 36.0 Å². The summed E-state index contributed by atoms with van der Waals surface area (Å²) >= 11 is 0. The third kappa shape index (κ3) is 5.00. The van der Waals surface area contributed by atoms with Gasteiger partial charge in [0.2, 0.25) is 0 Å². The van der Waals surface area contributed by atoms with Crippen LogP contribution in [0.15, 0.2) is 47.6 Å². The Labute approximate surface area is 160 Å². The minimum atomic E-state index is -0.257. The van der Waals surface area contributed by atoms with Crippen molar-refractivity contribution in [1.82, 2.24) is 5.43 Å². The number of hydrogen-bond acceptors (Lipinski definition) is 5. The lowest BCUT2D eigenvalue weighted by Crippen LogP contribution is -2.22. The Kier molecular flexibility index (Phi) is 7.23. The Morgan fingerprint density at radius 2 is 1.70 bits per heavy atom. The Morgan fingerprint density at radius 1 is 1.04 bits per heavy atom. The topological polar surface area (TPSA) is 63.2 Å². The highest BCUT2D eigenvalue weighted by Crippen LogP contribution is 2.25. The van der Waals surface area contributed by atoms with Gasteiger partial charge in [-0.1, -0.05) is 0 Å². The number of benzene rings is 2. The van der Waals surface area contributed by atoms with Gasteiger partial charge in [0.25, 0.3) is 5.91 Å². The maximum Gasteiger partial charge on any atom is 0.271 e. The maximum atomic E-state index is 12.4. The molecule has 2 rings (SSSR count). The molecule has 0 aliphatic carbocycles. The number of amides is 1. The lowest BCUT2D eigenvalue weighted by Gasteiger charge is -2.20. The molecule has 0 heterocycles. The molecule has 0 saturated carbocycles. The van der Waals surface area contributed by atoms with E-state index in [4.69, 9.17) is 9.47 Å². The molecule has 2 aromatic rings. The van der Waals surface area contributed by atoms with E-state index in [1.54, 1.807) is 20.3 Å². The van der Waals surface area contributed by atoms with E-state index in [1.807, 2.05) is 43.3 Å². The molecule has 27 heavy (non-hydrogen) atoms. The summed E-state index contributed by atoms with van der Waals surface area (Å²) < 4.78 is 10.6. The van der Waals surface area contributed by atoms with Crippen molar-refractivity contribution < 1.29 is 14.3 Å². The Balaban J connectivity index is 2.11. The summed E-state index contributed by atoms with van der Waals surface area (Å²) in [5, 5.41) is 4.21. The average Bonchev–Trinajstić information content (AvgIpc) is 2.72. The lowest BCUT2D eigenvalue weighted by molar-refractivity contribution is 0.0955. The van der Waals surface area contributed by atoms with Crippen LogP contribution in [0.5, 0.6) is 11.5 Å². The standard InChI is InChI=1S/C21H27N3O3/c1-6-24(7-2)17-10-8-16(9-11-17)21(25)23-22-15(3)19-13-12-18(26-4)14-20(19)27-5/h8-14H,6-7H2,1-5H3,(H,23,25)/b22-15-. The first kappa shape index (κ1) is 20.3. The maximum absolute atomic E-state index is 12.4. The number of nitrogens with zero attached hydrogens (tertiary/aromatic N) is 2. The first-order valence-corrected chi connectivity index (χ1v) is 8.96. The zero-order valence-corrected chi connectivity index (χ0v) is 16.6. The molecule has 0 atom stereocenters. The van der Waals surface area contributed by atoms with Gasteiger partial charge in [-0.2, -0.15) is 5.10 Å². The molecule has 0 aromatic heterocycles. The molecule has 0 bridgehead atoms. The molecule has 1 N–H and O–H groups in total. The van der Waals surface area contributed by atoms with Crippen molar-refractivity contribution in [3.05, 3.63) is 53.6 Å². The van der Waals surface area contributed by atoms with Crippen LogP contribution in [0.1, 0.15) is 36.7 Å². The predicted octanol–water partition coefficient (Wildman–Crippen LogP) is 3.70. The van der Waals surface area contributed by atoms with E-state index in [0.717, 1.165) is 24.3 Å². The number of carbonyl (C=O) groups is 1. The fraction of sp³-hybridized carbons (Fsp3) is 0.333. The molecule has 6 heteroatoms. The Morgan fingerprint density at radius 3 is 2.26 bits per heavy atom. The Bertz CT molecular complexity index is 797. The van der Waals surface area contributed by atoms with E-state index in [-0.39, 0.29) is 5.91 Å². The number of ether oxygens (including phenoxy) is 2. The van der Waals surface area contributed by atoms with Gasteiger partial charge in [-0.3, -0.25) is 4.79 Å². The average molecular weight is 369 g/mol. The van der Waals surface area contributed by atoms with E-state index in [0.29, 0.717) is 22.8 Å². The molecule has 6 nitrogen and oxygen atoms in total. The molecule has 0 aliphatic heterocycles. The molecule has 0 spiro atoms. The number of hydrogen-bond donors (Lipinski definition) is 1. The van der Waals surface area contributed by atoms with Crippen LogP contribution in [-0.4, -0.2) is 38.9 Å².